The molecule has 0 spiro atoms. The van der Waals surface area contributed by atoms with Crippen molar-refractivity contribution in [1.29, 1.82) is 0 Å². The van der Waals surface area contributed by atoms with Crippen LogP contribution in [-0.2, 0) is 37.6 Å². The van der Waals surface area contributed by atoms with Crippen LogP contribution in [0.25, 0.3) is 0 Å². The van der Waals surface area contributed by atoms with E-state index in [1.807, 2.05) is 30.5 Å². The highest BCUT2D eigenvalue weighted by molar-refractivity contribution is 5.76. The van der Waals surface area contributed by atoms with Crippen molar-refractivity contribution in [2.24, 2.45) is 13.0 Å². The predicted octanol–water partition coefficient (Wildman–Crippen LogP) is 1.59. The number of aromatic amines is 1. The molecule has 1 saturated carbocycles. The lowest BCUT2D eigenvalue weighted by molar-refractivity contribution is -0.132. The second kappa shape index (κ2) is 6.94. The summed E-state index contributed by atoms with van der Waals surface area (Å²) in [5, 5.41) is 4.42. The molecule has 2 aliphatic rings. The van der Waals surface area contributed by atoms with Crippen LogP contribution in [0.3, 0.4) is 0 Å². The zero-order chi connectivity index (χ0) is 19.1. The SMILES string of the molecule is Cc1nn(C)c(C)c1CCC(=O)N1CCc2c(nc(CC3CC3)[nH]c2=O)C1. The highest BCUT2D eigenvalue weighted by Crippen LogP contribution is 2.31. The summed E-state index contributed by atoms with van der Waals surface area (Å²) in [5.41, 5.74) is 4.76. The lowest BCUT2D eigenvalue weighted by atomic mass is 10.0. The monoisotopic (exact) mass is 369 g/mol. The molecule has 0 bridgehead atoms. The Labute approximate surface area is 158 Å². The summed E-state index contributed by atoms with van der Waals surface area (Å²) in [6.45, 7) is 5.06. The van der Waals surface area contributed by atoms with E-state index < -0.39 is 0 Å². The molecule has 1 amide bonds. The van der Waals surface area contributed by atoms with Crippen molar-refractivity contribution >= 4 is 5.91 Å². The molecule has 0 saturated heterocycles. The number of aromatic nitrogens is 4. The standard InChI is InChI=1S/C20H27N5O2/c1-12-15(13(2)24(3)23-12)6-7-19(26)25-9-8-16-17(11-25)21-18(22-20(16)27)10-14-4-5-14/h14H,4-11H2,1-3H3,(H,21,22,27). The van der Waals surface area contributed by atoms with E-state index in [2.05, 4.69) is 15.1 Å². The number of nitrogens with zero attached hydrogens (tertiary/aromatic N) is 4. The van der Waals surface area contributed by atoms with Gasteiger partial charge in [0.05, 0.1) is 17.9 Å². The van der Waals surface area contributed by atoms with E-state index in [4.69, 9.17) is 0 Å². The lowest BCUT2D eigenvalue weighted by Crippen LogP contribution is -2.39. The van der Waals surface area contributed by atoms with Crippen LogP contribution < -0.4 is 5.56 Å². The van der Waals surface area contributed by atoms with Crippen LogP contribution in [-0.4, -0.2) is 37.1 Å². The highest BCUT2D eigenvalue weighted by Gasteiger charge is 2.27. The van der Waals surface area contributed by atoms with Gasteiger partial charge in [0.15, 0.2) is 0 Å². The van der Waals surface area contributed by atoms with Crippen molar-refractivity contribution in [3.63, 3.8) is 0 Å². The Bertz CT molecular complexity index is 939. The van der Waals surface area contributed by atoms with Gasteiger partial charge in [-0.1, -0.05) is 0 Å². The molecule has 1 aliphatic heterocycles. The highest BCUT2D eigenvalue weighted by atomic mass is 16.2. The summed E-state index contributed by atoms with van der Waals surface area (Å²) in [5.74, 6) is 1.56. The molecule has 2 aromatic rings. The molecule has 2 aromatic heterocycles. The van der Waals surface area contributed by atoms with Gasteiger partial charge in [-0.2, -0.15) is 5.10 Å². The van der Waals surface area contributed by atoms with Gasteiger partial charge in [-0.25, -0.2) is 4.98 Å². The quantitative estimate of drug-likeness (QED) is 0.867. The molecule has 0 unspecified atom stereocenters. The number of nitrogens with one attached hydrogen (secondary N) is 1. The number of H-pyrrole nitrogens is 1. The first kappa shape index (κ1) is 17.9. The summed E-state index contributed by atoms with van der Waals surface area (Å²) < 4.78 is 1.86. The van der Waals surface area contributed by atoms with Crippen LogP contribution in [0.4, 0.5) is 0 Å². The van der Waals surface area contributed by atoms with Crippen molar-refractivity contribution in [3.05, 3.63) is 44.4 Å². The van der Waals surface area contributed by atoms with Crippen molar-refractivity contribution in [3.8, 4) is 0 Å². The van der Waals surface area contributed by atoms with Crippen LogP contribution in [0, 0.1) is 19.8 Å². The topological polar surface area (TPSA) is 83.9 Å². The van der Waals surface area contributed by atoms with E-state index in [-0.39, 0.29) is 11.5 Å². The summed E-state index contributed by atoms with van der Waals surface area (Å²) in [7, 11) is 1.93. The molecule has 27 heavy (non-hydrogen) atoms. The maximum absolute atomic E-state index is 12.8. The smallest absolute Gasteiger partial charge is 0.254 e. The molecule has 1 fully saturated rings. The average Bonchev–Trinajstić information content (AvgIpc) is 3.40. The summed E-state index contributed by atoms with van der Waals surface area (Å²) in [6, 6.07) is 0. The minimum atomic E-state index is -0.0237. The Morgan fingerprint density at radius 2 is 2.07 bits per heavy atom. The molecule has 4 rings (SSSR count). The van der Waals surface area contributed by atoms with Crippen LogP contribution in [0.2, 0.25) is 0 Å². The normalized spacial score (nSPS) is 16.5. The van der Waals surface area contributed by atoms with E-state index in [9.17, 15) is 9.59 Å². The largest absolute Gasteiger partial charge is 0.336 e. The molecule has 1 aliphatic carbocycles. The van der Waals surface area contributed by atoms with Gasteiger partial charge in [-0.15, -0.1) is 0 Å². The number of amides is 1. The summed E-state index contributed by atoms with van der Waals surface area (Å²) in [4.78, 5) is 34.5. The average molecular weight is 369 g/mol. The zero-order valence-corrected chi connectivity index (χ0v) is 16.3. The van der Waals surface area contributed by atoms with Gasteiger partial charge in [-0.3, -0.25) is 14.3 Å². The Balaban J connectivity index is 1.44. The molecular formula is C20H27N5O2. The van der Waals surface area contributed by atoms with Gasteiger partial charge < -0.3 is 9.88 Å². The third kappa shape index (κ3) is 3.68. The minimum absolute atomic E-state index is 0.0237. The fourth-order valence-corrected chi connectivity index (χ4v) is 3.97. The zero-order valence-electron chi connectivity index (χ0n) is 16.3. The van der Waals surface area contributed by atoms with Crippen LogP contribution >= 0.6 is 0 Å². The fraction of sp³-hybridized carbons (Fsp3) is 0.600. The van der Waals surface area contributed by atoms with E-state index >= 15 is 0 Å². The number of aryl methyl sites for hydroxylation is 2. The Hall–Kier alpha value is -2.44. The molecule has 0 radical (unpaired) electrons. The van der Waals surface area contributed by atoms with Crippen LogP contribution in [0.1, 0.15) is 53.3 Å². The molecular weight excluding hydrogens is 342 g/mol. The fourth-order valence-electron chi connectivity index (χ4n) is 3.97. The summed E-state index contributed by atoms with van der Waals surface area (Å²) >= 11 is 0. The molecule has 0 atom stereocenters. The third-order valence-corrected chi connectivity index (χ3v) is 5.90. The molecule has 0 aromatic carbocycles. The third-order valence-electron chi connectivity index (χ3n) is 5.90. The Kier molecular flexibility index (Phi) is 4.61. The van der Waals surface area contributed by atoms with E-state index in [1.165, 1.54) is 12.8 Å². The number of carbonyl (C=O) groups is 1. The Morgan fingerprint density at radius 3 is 2.74 bits per heavy atom. The van der Waals surface area contributed by atoms with Gasteiger partial charge in [0.1, 0.15) is 5.82 Å². The number of hydrogen-bond donors (Lipinski definition) is 1. The van der Waals surface area contributed by atoms with Crippen molar-refractivity contribution < 1.29 is 4.79 Å². The number of hydrogen-bond acceptors (Lipinski definition) is 4. The number of carbonyl (C=O) groups excluding carboxylic acids is 1. The predicted molar refractivity (Wildman–Crippen MR) is 101 cm³/mol. The minimum Gasteiger partial charge on any atom is -0.336 e. The Morgan fingerprint density at radius 1 is 1.30 bits per heavy atom. The second-order valence-electron chi connectivity index (χ2n) is 7.92. The molecule has 1 N–H and O–H groups in total. The summed E-state index contributed by atoms with van der Waals surface area (Å²) in [6.07, 6.45) is 5.02. The van der Waals surface area contributed by atoms with E-state index in [1.54, 1.807) is 0 Å². The van der Waals surface area contributed by atoms with E-state index in [0.29, 0.717) is 38.3 Å². The van der Waals surface area contributed by atoms with Crippen molar-refractivity contribution in [2.75, 3.05) is 6.54 Å². The lowest BCUT2D eigenvalue weighted by Gasteiger charge is -2.28. The molecule has 144 valence electrons. The first-order valence-corrected chi connectivity index (χ1v) is 9.80. The van der Waals surface area contributed by atoms with Gasteiger partial charge in [0.2, 0.25) is 5.91 Å². The molecule has 7 nitrogen and oxygen atoms in total. The first-order valence-electron chi connectivity index (χ1n) is 9.80. The maximum Gasteiger partial charge on any atom is 0.254 e. The number of rotatable bonds is 5. The maximum atomic E-state index is 12.8. The second-order valence-corrected chi connectivity index (χ2v) is 7.92. The van der Waals surface area contributed by atoms with Gasteiger partial charge in [0.25, 0.3) is 5.56 Å². The molecule has 7 heteroatoms. The van der Waals surface area contributed by atoms with E-state index in [0.717, 1.165) is 40.5 Å². The van der Waals surface area contributed by atoms with Crippen molar-refractivity contribution in [2.45, 2.75) is 58.9 Å². The van der Waals surface area contributed by atoms with Crippen LogP contribution in [0.15, 0.2) is 4.79 Å². The first-order chi connectivity index (χ1) is 12.9. The number of fused-ring (bicyclic) bond motifs is 1. The van der Waals surface area contributed by atoms with Crippen LogP contribution in [0.5, 0.6) is 0 Å². The van der Waals surface area contributed by atoms with Gasteiger partial charge in [-0.05, 0) is 51.0 Å². The van der Waals surface area contributed by atoms with Gasteiger partial charge >= 0.3 is 0 Å². The van der Waals surface area contributed by atoms with Gasteiger partial charge in [0, 0.05) is 37.7 Å². The van der Waals surface area contributed by atoms with Crippen molar-refractivity contribution in [1.82, 2.24) is 24.6 Å². The molecule has 3 heterocycles.